The first kappa shape index (κ1) is 23.9. The summed E-state index contributed by atoms with van der Waals surface area (Å²) in [6.45, 7) is 5.53. The molecule has 5 rings (SSSR count). The van der Waals surface area contributed by atoms with Crippen LogP contribution in [0.25, 0.3) is 22.0 Å². The van der Waals surface area contributed by atoms with Crippen LogP contribution < -0.4 is 5.56 Å². The van der Waals surface area contributed by atoms with E-state index >= 15 is 0 Å². The molecular formula is C27H25Cl2NO5. The molecule has 0 amide bonds. The quantitative estimate of drug-likeness (QED) is 0.441. The molecular weight excluding hydrogens is 489 g/mol. The summed E-state index contributed by atoms with van der Waals surface area (Å²) in [7, 11) is 0. The Morgan fingerprint density at radius 2 is 1.83 bits per heavy atom. The van der Waals surface area contributed by atoms with Crippen molar-refractivity contribution in [2.75, 3.05) is 6.61 Å². The third-order valence-electron chi connectivity index (χ3n) is 8.22. The maximum atomic E-state index is 13.2. The van der Waals surface area contributed by atoms with Crippen LogP contribution in [0, 0.1) is 10.8 Å². The Bertz CT molecular complexity index is 1450. The zero-order valence-electron chi connectivity index (χ0n) is 19.7. The monoisotopic (exact) mass is 513 g/mol. The Hall–Kier alpha value is -2.83. The van der Waals surface area contributed by atoms with Crippen LogP contribution in [0.15, 0.2) is 47.3 Å². The Morgan fingerprint density at radius 3 is 2.49 bits per heavy atom. The Morgan fingerprint density at radius 1 is 1.09 bits per heavy atom. The zero-order chi connectivity index (χ0) is 25.2. The minimum absolute atomic E-state index is 0.0580. The highest BCUT2D eigenvalue weighted by molar-refractivity contribution is 6.34. The first-order chi connectivity index (χ1) is 16.5. The van der Waals surface area contributed by atoms with E-state index in [1.54, 1.807) is 24.3 Å². The van der Waals surface area contributed by atoms with E-state index < -0.39 is 22.4 Å². The topological polar surface area (TPSA) is 85.5 Å². The largest absolute Gasteiger partial charge is 0.462 e. The highest BCUT2D eigenvalue weighted by Gasteiger charge is 2.76. The van der Waals surface area contributed by atoms with E-state index in [1.165, 1.54) is 0 Å². The van der Waals surface area contributed by atoms with E-state index in [0.717, 1.165) is 5.39 Å². The fourth-order valence-corrected chi connectivity index (χ4v) is 5.98. The summed E-state index contributed by atoms with van der Waals surface area (Å²) in [5, 5.41) is 1.74. The van der Waals surface area contributed by atoms with Gasteiger partial charge in [0.05, 0.1) is 12.0 Å². The van der Waals surface area contributed by atoms with E-state index in [1.807, 2.05) is 39.0 Å². The second kappa shape index (κ2) is 8.10. The van der Waals surface area contributed by atoms with E-state index in [4.69, 9.17) is 32.7 Å². The highest BCUT2D eigenvalue weighted by Crippen LogP contribution is 2.65. The van der Waals surface area contributed by atoms with Gasteiger partial charge in [0.2, 0.25) is 5.60 Å². The molecule has 2 bridgehead atoms. The molecule has 1 saturated carbocycles. The first-order valence-electron chi connectivity index (χ1n) is 11.5. The van der Waals surface area contributed by atoms with Crippen molar-refractivity contribution in [3.05, 3.63) is 68.4 Å². The maximum absolute atomic E-state index is 13.2. The Labute approximate surface area is 212 Å². The van der Waals surface area contributed by atoms with Crippen molar-refractivity contribution >= 4 is 46.0 Å². The van der Waals surface area contributed by atoms with Crippen molar-refractivity contribution in [3.63, 3.8) is 0 Å². The van der Waals surface area contributed by atoms with Crippen LogP contribution >= 0.6 is 23.2 Å². The summed E-state index contributed by atoms with van der Waals surface area (Å²) in [4.78, 5) is 41.8. The number of hydrogen-bond donors (Lipinski definition) is 1. The van der Waals surface area contributed by atoms with Crippen molar-refractivity contribution < 1.29 is 19.1 Å². The van der Waals surface area contributed by atoms with Gasteiger partial charge in [0.25, 0.3) is 5.56 Å². The first-order valence-corrected chi connectivity index (χ1v) is 12.3. The summed E-state index contributed by atoms with van der Waals surface area (Å²) in [6, 6.07) is 12.5. The van der Waals surface area contributed by atoms with Gasteiger partial charge in [-0.3, -0.25) is 9.59 Å². The number of ether oxygens (including phenoxy) is 2. The number of halogens is 2. The number of hydrogen-bond acceptors (Lipinski definition) is 5. The average molecular weight is 514 g/mol. The molecule has 1 saturated heterocycles. The molecule has 2 aliphatic rings. The molecule has 0 radical (unpaired) electrons. The number of fused-ring (bicyclic) bond motifs is 3. The van der Waals surface area contributed by atoms with Gasteiger partial charge >= 0.3 is 11.9 Å². The fourth-order valence-electron chi connectivity index (χ4n) is 5.58. The van der Waals surface area contributed by atoms with E-state index in [9.17, 15) is 14.4 Å². The maximum Gasteiger partial charge on any atom is 0.351 e. The highest BCUT2D eigenvalue weighted by atomic mass is 35.5. The van der Waals surface area contributed by atoms with Gasteiger partial charge < -0.3 is 14.5 Å². The lowest BCUT2D eigenvalue weighted by atomic mass is 9.66. The Kier molecular flexibility index (Phi) is 5.53. The molecule has 2 atom stereocenters. The summed E-state index contributed by atoms with van der Waals surface area (Å²) >= 11 is 12.8. The average Bonchev–Trinajstić information content (AvgIpc) is 3.10. The summed E-state index contributed by atoms with van der Waals surface area (Å²) in [5.41, 5.74) is -0.655. The fraction of sp³-hybridized carbons (Fsp3) is 0.370. The minimum Gasteiger partial charge on any atom is -0.462 e. The molecule has 2 aromatic carbocycles. The molecule has 35 heavy (non-hydrogen) atoms. The van der Waals surface area contributed by atoms with Crippen molar-refractivity contribution in [1.29, 1.82) is 0 Å². The lowest BCUT2D eigenvalue weighted by Gasteiger charge is -2.34. The van der Waals surface area contributed by atoms with Crippen LogP contribution in [-0.2, 0) is 25.5 Å². The number of H-pyrrole nitrogens is 1. The van der Waals surface area contributed by atoms with Gasteiger partial charge in [-0.1, -0.05) is 55.2 Å². The second-order valence-corrected chi connectivity index (χ2v) is 10.9. The van der Waals surface area contributed by atoms with Crippen molar-refractivity contribution in [3.8, 4) is 11.1 Å². The predicted molar refractivity (Wildman–Crippen MR) is 135 cm³/mol. The van der Waals surface area contributed by atoms with Crippen LogP contribution in [0.3, 0.4) is 0 Å². The van der Waals surface area contributed by atoms with E-state index in [-0.39, 0.29) is 24.6 Å². The van der Waals surface area contributed by atoms with E-state index in [2.05, 4.69) is 4.98 Å². The number of pyridine rings is 1. The SMILES string of the molecule is CC1(C)[C@@]2(C(=O)OCCc3c(-c4ccccc4Cl)c4cc(Cl)ccc4[nH]c3=O)CC[C@]1(C)C(=O)O2. The lowest BCUT2D eigenvalue weighted by Crippen LogP contribution is -2.49. The number of aromatic amines is 1. The molecule has 6 nitrogen and oxygen atoms in total. The van der Waals surface area contributed by atoms with Crippen LogP contribution in [0.4, 0.5) is 0 Å². The molecule has 8 heteroatoms. The van der Waals surface area contributed by atoms with Crippen LogP contribution in [0.2, 0.25) is 10.0 Å². The predicted octanol–water partition coefficient (Wildman–Crippen LogP) is 5.71. The van der Waals surface area contributed by atoms with Crippen molar-refractivity contribution in [2.45, 2.75) is 45.6 Å². The summed E-state index contributed by atoms with van der Waals surface area (Å²) in [5.74, 6) is -0.939. The van der Waals surface area contributed by atoms with Crippen molar-refractivity contribution in [1.82, 2.24) is 4.98 Å². The number of nitrogens with one attached hydrogen (secondary N) is 1. The molecule has 1 N–H and O–H groups in total. The second-order valence-electron chi connectivity index (χ2n) is 10.0. The van der Waals surface area contributed by atoms with Crippen LogP contribution in [0.1, 0.15) is 39.2 Å². The number of carbonyl (C=O) groups is 2. The third kappa shape index (κ3) is 3.34. The molecule has 2 fully saturated rings. The van der Waals surface area contributed by atoms with Gasteiger partial charge in [0, 0.05) is 49.5 Å². The van der Waals surface area contributed by atoms with Gasteiger partial charge in [-0.15, -0.1) is 0 Å². The number of esters is 2. The minimum atomic E-state index is -1.31. The molecule has 182 valence electrons. The van der Waals surface area contributed by atoms with Gasteiger partial charge in [0.15, 0.2) is 0 Å². The number of aromatic nitrogens is 1. The van der Waals surface area contributed by atoms with Gasteiger partial charge in [0.1, 0.15) is 0 Å². The smallest absolute Gasteiger partial charge is 0.351 e. The molecule has 2 heterocycles. The van der Waals surface area contributed by atoms with Gasteiger partial charge in [-0.2, -0.15) is 0 Å². The lowest BCUT2D eigenvalue weighted by molar-refractivity contribution is -0.183. The normalized spacial score (nSPS) is 24.5. The number of carbonyl (C=O) groups excluding carboxylic acids is 2. The standard InChI is InChI=1S/C27H25Cl2NO5/c1-25(2)26(3)11-12-27(25,35-23(26)32)24(33)34-13-10-17-21(16-6-4-5-7-19(16)29)18-14-15(28)8-9-20(18)30-22(17)31/h4-9,14H,10-13H2,1-3H3,(H,30,31)/t26-,27+/m1/s1. The number of benzene rings is 2. The summed E-state index contributed by atoms with van der Waals surface area (Å²) < 4.78 is 11.3. The number of rotatable bonds is 5. The molecule has 1 aromatic heterocycles. The van der Waals surface area contributed by atoms with Gasteiger partial charge in [-0.25, -0.2) is 4.79 Å². The molecule has 3 aromatic rings. The van der Waals surface area contributed by atoms with Crippen LogP contribution in [0.5, 0.6) is 0 Å². The molecule has 0 unspecified atom stereocenters. The molecule has 1 aliphatic carbocycles. The van der Waals surface area contributed by atoms with Gasteiger partial charge in [-0.05, 0) is 44.0 Å². The van der Waals surface area contributed by atoms with Crippen molar-refractivity contribution in [2.24, 2.45) is 10.8 Å². The summed E-state index contributed by atoms with van der Waals surface area (Å²) in [6.07, 6.45) is 1.13. The third-order valence-corrected chi connectivity index (χ3v) is 8.78. The Balaban J connectivity index is 1.49. The molecule has 1 aliphatic heterocycles. The van der Waals surface area contributed by atoms with Crippen LogP contribution in [-0.4, -0.2) is 29.1 Å². The molecule has 0 spiro atoms. The zero-order valence-corrected chi connectivity index (χ0v) is 21.2. The van der Waals surface area contributed by atoms with E-state index in [0.29, 0.717) is 45.1 Å².